The van der Waals surface area contributed by atoms with Crippen molar-refractivity contribution in [2.24, 2.45) is 5.92 Å². The zero-order valence-corrected chi connectivity index (χ0v) is 13.5. The molecule has 1 amide bonds. The van der Waals surface area contributed by atoms with E-state index in [0.717, 1.165) is 35.7 Å². The molecule has 0 bridgehead atoms. The van der Waals surface area contributed by atoms with Gasteiger partial charge in [0, 0.05) is 22.9 Å². The number of amides is 1. The van der Waals surface area contributed by atoms with Gasteiger partial charge >= 0.3 is 0 Å². The minimum absolute atomic E-state index is 0.0686. The normalized spacial score (nSPS) is 10.9. The van der Waals surface area contributed by atoms with Crippen LogP contribution < -0.4 is 5.32 Å². The lowest BCUT2D eigenvalue weighted by molar-refractivity contribution is -0.120. The third-order valence-electron chi connectivity index (χ3n) is 3.40. The Balaban J connectivity index is 1.86. The third kappa shape index (κ3) is 4.15. The molecule has 0 atom stereocenters. The van der Waals surface area contributed by atoms with E-state index >= 15 is 0 Å². The number of hydrogen-bond donors (Lipinski definition) is 1. The van der Waals surface area contributed by atoms with Crippen LogP contribution in [0.1, 0.15) is 32.4 Å². The van der Waals surface area contributed by atoms with Crippen molar-refractivity contribution < 1.29 is 4.79 Å². The highest BCUT2D eigenvalue weighted by Gasteiger charge is 2.10. The number of rotatable bonds is 7. The second-order valence-electron chi connectivity index (χ2n) is 4.82. The molecule has 0 aliphatic carbocycles. The lowest BCUT2D eigenvalue weighted by Crippen LogP contribution is -2.30. The Morgan fingerprint density at radius 2 is 2.15 bits per heavy atom. The molecule has 108 valence electrons. The SMILES string of the molecule is CCC(CC)CNC(=O)Cc1csc(-c2ccsc2)n1. The molecule has 0 radical (unpaired) electrons. The van der Waals surface area contributed by atoms with Gasteiger partial charge in [-0.3, -0.25) is 4.79 Å². The molecule has 0 unspecified atom stereocenters. The fourth-order valence-electron chi connectivity index (χ4n) is 1.97. The predicted molar refractivity (Wildman–Crippen MR) is 86.2 cm³/mol. The lowest BCUT2D eigenvalue weighted by atomic mass is 10.0. The second-order valence-corrected chi connectivity index (χ2v) is 6.46. The monoisotopic (exact) mass is 308 g/mol. The Kier molecular flexibility index (Phi) is 5.73. The molecule has 0 saturated carbocycles. The standard InChI is InChI=1S/C15H20N2OS2/c1-3-11(4-2)8-16-14(18)7-13-10-20-15(17-13)12-5-6-19-9-12/h5-6,9-11H,3-4,7-8H2,1-2H3,(H,16,18). The van der Waals surface area contributed by atoms with Crippen LogP contribution in [-0.2, 0) is 11.2 Å². The zero-order chi connectivity index (χ0) is 14.4. The highest BCUT2D eigenvalue weighted by molar-refractivity contribution is 7.14. The van der Waals surface area contributed by atoms with Crippen LogP contribution >= 0.6 is 22.7 Å². The summed E-state index contributed by atoms with van der Waals surface area (Å²) in [6, 6.07) is 2.06. The van der Waals surface area contributed by atoms with Gasteiger partial charge < -0.3 is 5.32 Å². The average Bonchev–Trinajstić information content (AvgIpc) is 3.10. The second kappa shape index (κ2) is 7.55. The number of carbonyl (C=O) groups is 1. The van der Waals surface area contributed by atoms with E-state index in [1.54, 1.807) is 22.7 Å². The first-order valence-electron chi connectivity index (χ1n) is 6.96. The number of aromatic nitrogens is 1. The van der Waals surface area contributed by atoms with E-state index in [9.17, 15) is 4.79 Å². The molecular formula is C15H20N2OS2. The first kappa shape index (κ1) is 15.2. The number of nitrogens with zero attached hydrogens (tertiary/aromatic N) is 1. The molecule has 1 N–H and O–H groups in total. The maximum absolute atomic E-state index is 11.9. The topological polar surface area (TPSA) is 42.0 Å². The summed E-state index contributed by atoms with van der Waals surface area (Å²) in [6.07, 6.45) is 2.59. The fraction of sp³-hybridized carbons (Fsp3) is 0.467. The minimum Gasteiger partial charge on any atom is -0.355 e. The number of carbonyl (C=O) groups excluding carboxylic acids is 1. The van der Waals surface area contributed by atoms with Crippen LogP contribution in [0.3, 0.4) is 0 Å². The maximum atomic E-state index is 11.9. The third-order valence-corrected chi connectivity index (χ3v) is 5.03. The summed E-state index contributed by atoms with van der Waals surface area (Å²) in [7, 11) is 0. The van der Waals surface area contributed by atoms with Crippen molar-refractivity contribution in [2.45, 2.75) is 33.1 Å². The van der Waals surface area contributed by atoms with Crippen molar-refractivity contribution in [3.8, 4) is 10.6 Å². The Morgan fingerprint density at radius 1 is 1.35 bits per heavy atom. The molecule has 0 aromatic carbocycles. The van der Waals surface area contributed by atoms with Gasteiger partial charge in [0.15, 0.2) is 0 Å². The van der Waals surface area contributed by atoms with Gasteiger partial charge in [-0.1, -0.05) is 26.7 Å². The fourth-order valence-corrected chi connectivity index (χ4v) is 3.50. The van der Waals surface area contributed by atoms with Gasteiger partial charge in [0.25, 0.3) is 0 Å². The van der Waals surface area contributed by atoms with Crippen LogP contribution in [0.5, 0.6) is 0 Å². The molecule has 0 saturated heterocycles. The first-order chi connectivity index (χ1) is 9.72. The van der Waals surface area contributed by atoms with Crippen LogP contribution in [0.15, 0.2) is 22.2 Å². The van der Waals surface area contributed by atoms with Crippen LogP contribution in [0.2, 0.25) is 0 Å². The molecular weight excluding hydrogens is 288 g/mol. The molecule has 2 heterocycles. The van der Waals surface area contributed by atoms with E-state index < -0.39 is 0 Å². The summed E-state index contributed by atoms with van der Waals surface area (Å²) in [5.41, 5.74) is 2.00. The predicted octanol–water partition coefficient (Wildman–Crippen LogP) is 3.97. The van der Waals surface area contributed by atoms with Gasteiger partial charge in [0.1, 0.15) is 5.01 Å². The quantitative estimate of drug-likeness (QED) is 0.841. The summed E-state index contributed by atoms with van der Waals surface area (Å²) < 4.78 is 0. The largest absolute Gasteiger partial charge is 0.355 e. The van der Waals surface area contributed by atoms with E-state index in [-0.39, 0.29) is 5.91 Å². The van der Waals surface area contributed by atoms with Gasteiger partial charge in [0.05, 0.1) is 12.1 Å². The van der Waals surface area contributed by atoms with Gasteiger partial charge in [-0.15, -0.1) is 11.3 Å². The summed E-state index contributed by atoms with van der Waals surface area (Å²) in [5.74, 6) is 0.648. The average molecular weight is 308 g/mol. The molecule has 0 aliphatic rings. The van der Waals surface area contributed by atoms with E-state index in [1.165, 1.54) is 0 Å². The summed E-state index contributed by atoms with van der Waals surface area (Å²) in [5, 5.41) is 10.1. The van der Waals surface area contributed by atoms with Gasteiger partial charge in [-0.05, 0) is 17.4 Å². The number of nitrogens with one attached hydrogen (secondary N) is 1. The number of hydrogen-bond acceptors (Lipinski definition) is 4. The minimum atomic E-state index is 0.0686. The summed E-state index contributed by atoms with van der Waals surface area (Å²) in [6.45, 7) is 5.09. The van der Waals surface area contributed by atoms with Crippen molar-refractivity contribution in [3.05, 3.63) is 27.9 Å². The number of thiophene rings is 1. The van der Waals surface area contributed by atoms with Crippen molar-refractivity contribution in [3.63, 3.8) is 0 Å². The van der Waals surface area contributed by atoms with Crippen molar-refractivity contribution >= 4 is 28.6 Å². The smallest absolute Gasteiger partial charge is 0.226 e. The molecule has 5 heteroatoms. The van der Waals surface area contributed by atoms with E-state index in [0.29, 0.717) is 12.3 Å². The van der Waals surface area contributed by atoms with Gasteiger partial charge in [-0.25, -0.2) is 4.98 Å². The molecule has 2 aromatic heterocycles. The van der Waals surface area contributed by atoms with Crippen LogP contribution in [-0.4, -0.2) is 17.4 Å². The Bertz CT molecular complexity index is 530. The van der Waals surface area contributed by atoms with Gasteiger partial charge in [-0.2, -0.15) is 11.3 Å². The zero-order valence-electron chi connectivity index (χ0n) is 11.9. The van der Waals surface area contributed by atoms with Crippen LogP contribution in [0, 0.1) is 5.92 Å². The molecule has 0 aliphatic heterocycles. The van der Waals surface area contributed by atoms with E-state index in [2.05, 4.69) is 35.6 Å². The molecule has 20 heavy (non-hydrogen) atoms. The molecule has 0 fully saturated rings. The van der Waals surface area contributed by atoms with E-state index in [1.807, 2.05) is 10.8 Å². The highest BCUT2D eigenvalue weighted by Crippen LogP contribution is 2.25. The Hall–Kier alpha value is -1.20. The van der Waals surface area contributed by atoms with Crippen LogP contribution in [0.25, 0.3) is 10.6 Å². The Morgan fingerprint density at radius 3 is 2.80 bits per heavy atom. The summed E-state index contributed by atoms with van der Waals surface area (Å²) >= 11 is 3.26. The van der Waals surface area contributed by atoms with Crippen molar-refractivity contribution in [1.82, 2.24) is 10.3 Å². The van der Waals surface area contributed by atoms with Crippen molar-refractivity contribution in [1.29, 1.82) is 0 Å². The maximum Gasteiger partial charge on any atom is 0.226 e. The van der Waals surface area contributed by atoms with Crippen LogP contribution in [0.4, 0.5) is 0 Å². The van der Waals surface area contributed by atoms with Crippen molar-refractivity contribution in [2.75, 3.05) is 6.54 Å². The van der Waals surface area contributed by atoms with E-state index in [4.69, 9.17) is 0 Å². The van der Waals surface area contributed by atoms with Gasteiger partial charge in [0.2, 0.25) is 5.91 Å². The lowest BCUT2D eigenvalue weighted by Gasteiger charge is -2.12. The molecule has 3 nitrogen and oxygen atoms in total. The first-order valence-corrected chi connectivity index (χ1v) is 8.78. The summed E-state index contributed by atoms with van der Waals surface area (Å²) in [4.78, 5) is 16.4. The Labute approximate surface area is 128 Å². The highest BCUT2D eigenvalue weighted by atomic mass is 32.1. The molecule has 2 rings (SSSR count). The molecule has 0 spiro atoms. The number of thiazole rings is 1. The molecule has 2 aromatic rings.